The maximum atomic E-state index is 12.4. The van der Waals surface area contributed by atoms with Crippen molar-refractivity contribution in [1.82, 2.24) is 10.2 Å². The first-order chi connectivity index (χ1) is 12.0. The van der Waals surface area contributed by atoms with Crippen molar-refractivity contribution < 1.29 is 13.2 Å². The van der Waals surface area contributed by atoms with Gasteiger partial charge in [0.1, 0.15) is 5.75 Å². The number of benzene rings is 2. The van der Waals surface area contributed by atoms with Gasteiger partial charge in [-0.05, 0) is 12.5 Å². The summed E-state index contributed by atoms with van der Waals surface area (Å²) in [7, 11) is -3.88. The molecule has 0 spiro atoms. The lowest BCUT2D eigenvalue weighted by atomic mass is 10.1. The van der Waals surface area contributed by atoms with Gasteiger partial charge < -0.3 is 0 Å². The Balaban J connectivity index is 1.84. The van der Waals surface area contributed by atoms with E-state index in [-0.39, 0.29) is 5.82 Å². The SMILES string of the molecule is Cc1[nH]nc(NS(=O)(=O)CC(=O)c2ccccc2)c1-c1ccccc1. The maximum absolute atomic E-state index is 12.4. The molecule has 6 nitrogen and oxygen atoms in total. The lowest BCUT2D eigenvalue weighted by molar-refractivity contribution is 0.102. The van der Waals surface area contributed by atoms with Crippen molar-refractivity contribution >= 4 is 21.6 Å². The van der Waals surface area contributed by atoms with Crippen LogP contribution in [0.2, 0.25) is 0 Å². The fraction of sp³-hybridized carbons (Fsp3) is 0.111. The standard InChI is InChI=1S/C18H17N3O3S/c1-13-17(15-10-6-3-7-11-15)18(20-19-13)21-25(23,24)12-16(22)14-8-4-2-5-9-14/h2-11H,12H2,1H3,(H2,19,20,21). The molecule has 1 heterocycles. The van der Waals surface area contributed by atoms with Crippen molar-refractivity contribution in [3.05, 3.63) is 71.9 Å². The van der Waals surface area contributed by atoms with Crippen molar-refractivity contribution in [1.29, 1.82) is 0 Å². The molecule has 7 heteroatoms. The number of rotatable bonds is 6. The zero-order valence-electron chi connectivity index (χ0n) is 13.6. The third kappa shape index (κ3) is 3.95. The molecule has 0 saturated heterocycles. The van der Waals surface area contributed by atoms with Crippen molar-refractivity contribution in [2.75, 3.05) is 10.5 Å². The van der Waals surface area contributed by atoms with Gasteiger partial charge in [-0.2, -0.15) is 5.10 Å². The second-order valence-corrected chi connectivity index (χ2v) is 7.31. The number of aryl methyl sites for hydroxylation is 1. The van der Waals surface area contributed by atoms with E-state index < -0.39 is 21.6 Å². The number of Topliss-reactive ketones (excluding diaryl/α,β-unsaturated/α-hetero) is 1. The molecule has 0 radical (unpaired) electrons. The Morgan fingerprint density at radius 1 is 1.04 bits per heavy atom. The minimum Gasteiger partial charge on any atom is -0.293 e. The molecule has 0 bridgehead atoms. The van der Waals surface area contributed by atoms with E-state index in [4.69, 9.17) is 0 Å². The first kappa shape index (κ1) is 16.9. The van der Waals surface area contributed by atoms with Gasteiger partial charge in [-0.1, -0.05) is 60.7 Å². The summed E-state index contributed by atoms with van der Waals surface area (Å²) in [6.45, 7) is 1.81. The number of ketones is 1. The van der Waals surface area contributed by atoms with E-state index in [9.17, 15) is 13.2 Å². The van der Waals surface area contributed by atoms with Crippen LogP contribution in [0.5, 0.6) is 0 Å². The van der Waals surface area contributed by atoms with Crippen molar-refractivity contribution in [3.8, 4) is 11.1 Å². The van der Waals surface area contributed by atoms with Crippen LogP contribution in [0.4, 0.5) is 5.82 Å². The van der Waals surface area contributed by atoms with Crippen LogP contribution in [0.1, 0.15) is 16.1 Å². The number of anilines is 1. The third-order valence-electron chi connectivity index (χ3n) is 3.68. The van der Waals surface area contributed by atoms with Crippen LogP contribution in [0.15, 0.2) is 60.7 Å². The molecule has 25 heavy (non-hydrogen) atoms. The molecule has 0 fully saturated rings. The summed E-state index contributed by atoms with van der Waals surface area (Å²) in [6.07, 6.45) is 0. The molecule has 0 atom stereocenters. The topological polar surface area (TPSA) is 91.9 Å². The van der Waals surface area contributed by atoms with Crippen molar-refractivity contribution in [3.63, 3.8) is 0 Å². The zero-order valence-corrected chi connectivity index (χ0v) is 14.4. The highest BCUT2D eigenvalue weighted by atomic mass is 32.2. The average molecular weight is 355 g/mol. The zero-order chi connectivity index (χ0) is 17.9. The molecule has 2 aromatic carbocycles. The highest BCUT2D eigenvalue weighted by Gasteiger charge is 2.22. The Kier molecular flexibility index (Phi) is 4.67. The predicted octanol–water partition coefficient (Wildman–Crippen LogP) is 3.01. The summed E-state index contributed by atoms with van der Waals surface area (Å²) in [5, 5.41) is 6.81. The Morgan fingerprint density at radius 3 is 2.28 bits per heavy atom. The van der Waals surface area contributed by atoms with E-state index in [1.165, 1.54) is 0 Å². The second kappa shape index (κ2) is 6.90. The van der Waals surface area contributed by atoms with Gasteiger partial charge in [-0.25, -0.2) is 8.42 Å². The number of hydrogen-bond donors (Lipinski definition) is 2. The number of carbonyl (C=O) groups excluding carboxylic acids is 1. The van der Waals surface area contributed by atoms with Gasteiger partial charge in [0.25, 0.3) is 0 Å². The molecular formula is C18H17N3O3S. The van der Waals surface area contributed by atoms with E-state index in [0.29, 0.717) is 11.1 Å². The van der Waals surface area contributed by atoms with Gasteiger partial charge in [0.2, 0.25) is 10.0 Å². The molecule has 0 saturated carbocycles. The highest BCUT2D eigenvalue weighted by molar-refractivity contribution is 7.93. The Bertz CT molecular complexity index is 981. The number of aromatic amines is 1. The molecule has 3 aromatic rings. The molecular weight excluding hydrogens is 338 g/mol. The van der Waals surface area contributed by atoms with Crippen molar-refractivity contribution in [2.24, 2.45) is 0 Å². The number of aromatic nitrogens is 2. The molecule has 0 amide bonds. The summed E-state index contributed by atoms with van der Waals surface area (Å²) in [4.78, 5) is 12.2. The molecule has 0 aliphatic rings. The van der Waals surface area contributed by atoms with Gasteiger partial charge in [0.15, 0.2) is 11.6 Å². The molecule has 3 rings (SSSR count). The number of carbonyl (C=O) groups is 1. The predicted molar refractivity (Wildman–Crippen MR) is 96.9 cm³/mol. The highest BCUT2D eigenvalue weighted by Crippen LogP contribution is 2.29. The summed E-state index contributed by atoms with van der Waals surface area (Å²) in [6, 6.07) is 17.7. The molecule has 0 aliphatic heterocycles. The van der Waals surface area contributed by atoms with Crippen LogP contribution in [0.25, 0.3) is 11.1 Å². The fourth-order valence-electron chi connectivity index (χ4n) is 2.52. The van der Waals surface area contributed by atoms with Crippen molar-refractivity contribution in [2.45, 2.75) is 6.92 Å². The van der Waals surface area contributed by atoms with E-state index in [2.05, 4.69) is 14.9 Å². The van der Waals surface area contributed by atoms with Crippen LogP contribution in [-0.2, 0) is 10.0 Å². The van der Waals surface area contributed by atoms with E-state index >= 15 is 0 Å². The molecule has 1 aromatic heterocycles. The van der Waals surface area contributed by atoms with Crippen LogP contribution in [0, 0.1) is 6.92 Å². The van der Waals surface area contributed by atoms with Crippen LogP contribution < -0.4 is 4.72 Å². The largest absolute Gasteiger partial charge is 0.293 e. The summed E-state index contributed by atoms with van der Waals surface area (Å²) < 4.78 is 27.2. The summed E-state index contributed by atoms with van der Waals surface area (Å²) >= 11 is 0. The normalized spacial score (nSPS) is 11.2. The van der Waals surface area contributed by atoms with E-state index in [0.717, 1.165) is 11.3 Å². The summed E-state index contributed by atoms with van der Waals surface area (Å²) in [5.41, 5.74) is 2.59. The molecule has 128 valence electrons. The lowest BCUT2D eigenvalue weighted by Gasteiger charge is -2.08. The Hall–Kier alpha value is -2.93. The van der Waals surface area contributed by atoms with Crippen LogP contribution >= 0.6 is 0 Å². The molecule has 0 unspecified atom stereocenters. The van der Waals surface area contributed by atoms with Gasteiger partial charge in [0.05, 0.1) is 0 Å². The maximum Gasteiger partial charge on any atom is 0.241 e. The second-order valence-electron chi connectivity index (χ2n) is 5.59. The monoisotopic (exact) mass is 355 g/mol. The Morgan fingerprint density at radius 2 is 1.64 bits per heavy atom. The minimum absolute atomic E-state index is 0.185. The van der Waals surface area contributed by atoms with E-state index in [1.54, 1.807) is 30.3 Å². The number of hydrogen-bond acceptors (Lipinski definition) is 4. The number of nitrogens with one attached hydrogen (secondary N) is 2. The van der Waals surface area contributed by atoms with Gasteiger partial charge >= 0.3 is 0 Å². The number of nitrogens with zero attached hydrogens (tertiary/aromatic N) is 1. The van der Waals surface area contributed by atoms with Gasteiger partial charge in [0, 0.05) is 16.8 Å². The summed E-state index contributed by atoms with van der Waals surface area (Å²) in [5.74, 6) is -0.928. The van der Waals surface area contributed by atoms with Crippen LogP contribution in [0.3, 0.4) is 0 Å². The van der Waals surface area contributed by atoms with Gasteiger partial charge in [-0.3, -0.25) is 14.6 Å². The minimum atomic E-state index is -3.88. The quantitative estimate of drug-likeness (QED) is 0.665. The average Bonchev–Trinajstić information content (AvgIpc) is 2.95. The smallest absolute Gasteiger partial charge is 0.241 e. The first-order valence-corrected chi connectivity index (χ1v) is 9.30. The first-order valence-electron chi connectivity index (χ1n) is 7.65. The van der Waals surface area contributed by atoms with Crippen LogP contribution in [-0.4, -0.2) is 30.2 Å². The molecule has 2 N–H and O–H groups in total. The number of H-pyrrole nitrogens is 1. The lowest BCUT2D eigenvalue weighted by Crippen LogP contribution is -2.23. The number of sulfonamides is 1. The van der Waals surface area contributed by atoms with E-state index in [1.807, 2.05) is 37.3 Å². The Labute approximate surface area is 146 Å². The van der Waals surface area contributed by atoms with Gasteiger partial charge in [-0.15, -0.1) is 0 Å². The molecule has 0 aliphatic carbocycles. The fourth-order valence-corrected chi connectivity index (χ4v) is 3.55. The third-order valence-corrected chi connectivity index (χ3v) is 4.83.